The molecule has 0 rings (SSSR count). The Bertz CT molecular complexity index is 382. The van der Waals surface area contributed by atoms with Gasteiger partial charge in [0.25, 0.3) is 0 Å². The fourth-order valence-corrected chi connectivity index (χ4v) is 2.03. The minimum atomic E-state index is -4.26. The number of amides is 1. The van der Waals surface area contributed by atoms with Crippen LogP contribution in [-0.2, 0) is 14.9 Å². The molecule has 0 fully saturated rings. The van der Waals surface area contributed by atoms with Gasteiger partial charge in [0, 0.05) is 13.6 Å². The van der Waals surface area contributed by atoms with E-state index in [2.05, 4.69) is 6.92 Å². The summed E-state index contributed by atoms with van der Waals surface area (Å²) in [6.45, 7) is 2.10. The Hall–Kier alpha value is 0.756. The second-order valence-electron chi connectivity index (χ2n) is 4.63. The molecule has 0 radical (unpaired) electrons. The molecule has 0 aromatic rings. The van der Waals surface area contributed by atoms with E-state index in [1.165, 1.54) is 37.3 Å². The van der Waals surface area contributed by atoms with Crippen LogP contribution in [0.5, 0.6) is 0 Å². The van der Waals surface area contributed by atoms with Crippen molar-refractivity contribution in [2.45, 2.75) is 45.4 Å². The maximum Gasteiger partial charge on any atom is 1.00 e. The Morgan fingerprint density at radius 1 is 1.20 bits per heavy atom. The second kappa shape index (κ2) is 13.4. The number of hydrogen-bond donors (Lipinski definition) is 0. The molecule has 0 aliphatic rings. The van der Waals surface area contributed by atoms with Crippen LogP contribution in [0.4, 0.5) is 0 Å². The number of allylic oxidation sites excluding steroid dienone is 1. The zero-order valence-corrected chi connectivity index (χ0v) is 16.7. The Balaban J connectivity index is 0. The molecule has 0 bridgehead atoms. The molecule has 5 nitrogen and oxygen atoms in total. The summed E-state index contributed by atoms with van der Waals surface area (Å²) in [5.74, 6) is -0.808. The van der Waals surface area contributed by atoms with Crippen molar-refractivity contribution in [3.8, 4) is 0 Å². The number of carbonyl (C=O) groups excluding carboxylic acids is 1. The molecular formula is C13H24KNO4S. The summed E-state index contributed by atoms with van der Waals surface area (Å²) in [6.07, 6.45) is 9.99. The molecule has 0 aliphatic carbocycles. The van der Waals surface area contributed by atoms with Crippen molar-refractivity contribution >= 4 is 16.0 Å². The second-order valence-corrected chi connectivity index (χ2v) is 6.15. The van der Waals surface area contributed by atoms with Gasteiger partial charge < -0.3 is 9.45 Å². The first kappa shape index (κ1) is 23.0. The van der Waals surface area contributed by atoms with Crippen molar-refractivity contribution < 1.29 is 69.1 Å². The van der Waals surface area contributed by atoms with Gasteiger partial charge in [-0.2, -0.15) is 0 Å². The minimum Gasteiger partial charge on any atom is -0.748 e. The van der Waals surface area contributed by atoms with Crippen LogP contribution in [0.2, 0.25) is 0 Å². The fraction of sp³-hybridized carbons (Fsp3) is 0.769. The number of rotatable bonds is 10. The van der Waals surface area contributed by atoms with Gasteiger partial charge in [-0.15, -0.1) is 0 Å². The molecule has 112 valence electrons. The number of likely N-dealkylation sites (N-methyl/N-ethyl adjacent to an activating group) is 1. The van der Waals surface area contributed by atoms with E-state index in [0.717, 1.165) is 19.3 Å². The van der Waals surface area contributed by atoms with Gasteiger partial charge in [0.1, 0.15) is 0 Å². The smallest absolute Gasteiger partial charge is 0.748 e. The summed E-state index contributed by atoms with van der Waals surface area (Å²) in [5, 5.41) is 0. The maximum atomic E-state index is 11.5. The summed E-state index contributed by atoms with van der Waals surface area (Å²) in [7, 11) is -2.77. The number of hydrogen-bond acceptors (Lipinski definition) is 4. The normalized spacial score (nSPS) is 11.3. The van der Waals surface area contributed by atoms with Gasteiger partial charge in [0.2, 0.25) is 5.91 Å². The zero-order chi connectivity index (χ0) is 14.7. The van der Waals surface area contributed by atoms with E-state index in [1.807, 2.05) is 0 Å². The van der Waals surface area contributed by atoms with Gasteiger partial charge in [-0.1, -0.05) is 38.7 Å². The van der Waals surface area contributed by atoms with Gasteiger partial charge in [0.15, 0.2) is 0 Å². The topological polar surface area (TPSA) is 77.5 Å². The number of nitrogens with zero attached hydrogens (tertiary/aromatic N) is 1. The number of unbranched alkanes of at least 4 members (excludes halogenated alkanes) is 5. The van der Waals surface area contributed by atoms with Crippen molar-refractivity contribution in [2.24, 2.45) is 0 Å². The van der Waals surface area contributed by atoms with Crippen LogP contribution < -0.4 is 51.4 Å². The van der Waals surface area contributed by atoms with Crippen LogP contribution in [0.1, 0.15) is 45.4 Å². The molecule has 0 unspecified atom stereocenters. The summed E-state index contributed by atoms with van der Waals surface area (Å²) in [6, 6.07) is 0. The maximum absolute atomic E-state index is 11.5. The monoisotopic (exact) mass is 329 g/mol. The van der Waals surface area contributed by atoms with Crippen molar-refractivity contribution in [3.63, 3.8) is 0 Å². The van der Waals surface area contributed by atoms with Gasteiger partial charge >= 0.3 is 51.4 Å². The third kappa shape index (κ3) is 15.2. The molecule has 0 aromatic heterocycles. The molecule has 0 saturated carbocycles. The predicted octanol–water partition coefficient (Wildman–Crippen LogP) is -1.09. The summed E-state index contributed by atoms with van der Waals surface area (Å²) in [5.41, 5.74) is 0. The Kier molecular flexibility index (Phi) is 15.5. The van der Waals surface area contributed by atoms with E-state index in [9.17, 15) is 17.8 Å². The van der Waals surface area contributed by atoms with Crippen molar-refractivity contribution in [2.75, 3.05) is 19.3 Å². The van der Waals surface area contributed by atoms with E-state index in [0.29, 0.717) is 0 Å². The minimum absolute atomic E-state index is 0. The number of carbonyl (C=O) groups is 1. The average Bonchev–Trinajstić information content (AvgIpc) is 2.33. The van der Waals surface area contributed by atoms with Crippen LogP contribution in [-0.4, -0.2) is 43.1 Å². The molecule has 0 heterocycles. The third-order valence-corrected chi connectivity index (χ3v) is 3.47. The van der Waals surface area contributed by atoms with Crippen LogP contribution in [0.15, 0.2) is 12.2 Å². The van der Waals surface area contributed by atoms with Crippen LogP contribution in [0, 0.1) is 0 Å². The first-order chi connectivity index (χ1) is 8.87. The van der Waals surface area contributed by atoms with Crippen LogP contribution in [0.3, 0.4) is 0 Å². The summed E-state index contributed by atoms with van der Waals surface area (Å²) >= 11 is 0. The van der Waals surface area contributed by atoms with E-state index >= 15 is 0 Å². The van der Waals surface area contributed by atoms with Gasteiger partial charge in [-0.3, -0.25) is 4.79 Å². The molecule has 20 heavy (non-hydrogen) atoms. The quantitative estimate of drug-likeness (QED) is 0.221. The SMILES string of the molecule is CCCCCCC/C=C/C(=O)N(C)CCS(=O)(=O)[O-].[K+]. The molecule has 0 atom stereocenters. The van der Waals surface area contributed by atoms with Crippen molar-refractivity contribution in [3.05, 3.63) is 12.2 Å². The van der Waals surface area contributed by atoms with Crippen molar-refractivity contribution in [1.82, 2.24) is 4.90 Å². The molecule has 7 heteroatoms. The first-order valence-corrected chi connectivity index (χ1v) is 8.29. The third-order valence-electron chi connectivity index (χ3n) is 2.79. The Labute approximate surface area is 165 Å². The average molecular weight is 330 g/mol. The van der Waals surface area contributed by atoms with Gasteiger partial charge in [-0.05, 0) is 18.9 Å². The molecule has 0 N–H and O–H groups in total. The largest absolute Gasteiger partial charge is 1.00 e. The molecule has 1 amide bonds. The first-order valence-electron chi connectivity index (χ1n) is 6.72. The molecular weight excluding hydrogens is 305 g/mol. The van der Waals surface area contributed by atoms with E-state index < -0.39 is 15.9 Å². The van der Waals surface area contributed by atoms with Gasteiger partial charge in [0.05, 0.1) is 15.9 Å². The Morgan fingerprint density at radius 2 is 1.80 bits per heavy atom. The fourth-order valence-electron chi connectivity index (χ4n) is 1.54. The Morgan fingerprint density at radius 3 is 2.35 bits per heavy atom. The molecule has 0 aliphatic heterocycles. The van der Waals surface area contributed by atoms with Crippen LogP contribution in [0.25, 0.3) is 0 Å². The van der Waals surface area contributed by atoms with E-state index in [-0.39, 0.29) is 63.8 Å². The van der Waals surface area contributed by atoms with Crippen LogP contribution >= 0.6 is 0 Å². The molecule has 0 spiro atoms. The van der Waals surface area contributed by atoms with E-state index in [1.54, 1.807) is 6.08 Å². The van der Waals surface area contributed by atoms with E-state index in [4.69, 9.17) is 0 Å². The predicted molar refractivity (Wildman–Crippen MR) is 74.7 cm³/mol. The molecule has 0 aromatic carbocycles. The summed E-state index contributed by atoms with van der Waals surface area (Å²) in [4.78, 5) is 12.8. The standard InChI is InChI=1S/C13H25NO4S.K/c1-3-4-5-6-7-8-9-10-13(15)14(2)11-12-19(16,17)18;/h9-10H,3-8,11-12H2,1-2H3,(H,16,17,18);/q;+1/p-1/b10-9+;. The zero-order valence-electron chi connectivity index (χ0n) is 12.8. The van der Waals surface area contributed by atoms with Gasteiger partial charge in [-0.25, -0.2) is 8.42 Å². The molecule has 0 saturated heterocycles. The van der Waals surface area contributed by atoms with Crippen molar-refractivity contribution in [1.29, 1.82) is 0 Å². The summed E-state index contributed by atoms with van der Waals surface area (Å²) < 4.78 is 31.3.